The van der Waals surface area contributed by atoms with Gasteiger partial charge in [0.1, 0.15) is 11.2 Å². The first kappa shape index (κ1) is 24.2. The molecule has 3 nitrogen and oxygen atoms in total. The summed E-state index contributed by atoms with van der Waals surface area (Å²) in [6.45, 7) is 11.3. The van der Waals surface area contributed by atoms with Crippen molar-refractivity contribution in [1.29, 1.82) is 0 Å². The third kappa shape index (κ3) is 3.18. The third-order valence-electron chi connectivity index (χ3n) is 9.49. The second-order valence-corrected chi connectivity index (χ2v) is 12.7. The van der Waals surface area contributed by atoms with Crippen molar-refractivity contribution >= 4 is 39.0 Å². The van der Waals surface area contributed by atoms with Gasteiger partial charge in [0, 0.05) is 10.8 Å². The van der Waals surface area contributed by atoms with E-state index in [1.54, 1.807) is 0 Å². The van der Waals surface area contributed by atoms with Gasteiger partial charge in [-0.3, -0.25) is 4.79 Å². The SMILES string of the molecule is Cc1ccc2c(=O)c3cc(-c4ccc5c(c4)C(C)(C)c4cccc6c4N5c4ccccc4C6(C)C)ccc3oc2c1. The molecule has 0 amide bonds. The largest absolute Gasteiger partial charge is 0.456 e. The van der Waals surface area contributed by atoms with Crippen molar-refractivity contribution in [2.24, 2.45) is 0 Å². The summed E-state index contributed by atoms with van der Waals surface area (Å²) in [6, 6.07) is 34.1. The van der Waals surface area contributed by atoms with Crippen molar-refractivity contribution in [3.63, 3.8) is 0 Å². The van der Waals surface area contributed by atoms with Crippen LogP contribution in [-0.2, 0) is 10.8 Å². The van der Waals surface area contributed by atoms with Gasteiger partial charge in [-0.2, -0.15) is 0 Å². The molecule has 2 aliphatic rings. The first-order chi connectivity index (χ1) is 19.7. The fourth-order valence-corrected chi connectivity index (χ4v) is 7.20. The molecule has 2 aliphatic heterocycles. The molecule has 0 aliphatic carbocycles. The lowest BCUT2D eigenvalue weighted by molar-refractivity contribution is 0.597. The predicted molar refractivity (Wildman–Crippen MR) is 169 cm³/mol. The molecule has 0 bridgehead atoms. The molecule has 8 rings (SSSR count). The van der Waals surface area contributed by atoms with Crippen LogP contribution in [0.5, 0.6) is 0 Å². The summed E-state index contributed by atoms with van der Waals surface area (Å²) >= 11 is 0. The van der Waals surface area contributed by atoms with E-state index in [1.807, 2.05) is 37.3 Å². The van der Waals surface area contributed by atoms with Crippen LogP contribution in [0.3, 0.4) is 0 Å². The molecule has 0 atom stereocenters. The molecule has 200 valence electrons. The summed E-state index contributed by atoms with van der Waals surface area (Å²) in [5, 5.41) is 1.23. The van der Waals surface area contributed by atoms with Gasteiger partial charge < -0.3 is 9.32 Å². The standard InChI is InChI=1S/C38H31NO2/c1-22-13-16-25-34(19-22)41-33-18-15-23(20-26(33)36(25)40)24-14-17-32-30(21-24)38(4,5)29-11-8-10-28-35(29)39(32)31-12-7-6-9-27(31)37(28,2)3/h6-21H,1-5H3. The number of fused-ring (bicyclic) bond motifs is 6. The highest BCUT2D eigenvalue weighted by Crippen LogP contribution is 2.60. The lowest BCUT2D eigenvalue weighted by Crippen LogP contribution is -2.38. The Labute approximate surface area is 239 Å². The summed E-state index contributed by atoms with van der Waals surface area (Å²) in [5.74, 6) is 0. The van der Waals surface area contributed by atoms with E-state index in [-0.39, 0.29) is 16.3 Å². The topological polar surface area (TPSA) is 33.5 Å². The van der Waals surface area contributed by atoms with Crippen LogP contribution in [0.15, 0.2) is 106 Å². The van der Waals surface area contributed by atoms with E-state index in [4.69, 9.17) is 4.42 Å². The molecule has 0 unspecified atom stereocenters. The number of para-hydroxylation sites is 2. The van der Waals surface area contributed by atoms with Crippen LogP contribution in [0.2, 0.25) is 0 Å². The van der Waals surface area contributed by atoms with Crippen molar-refractivity contribution in [3.05, 3.63) is 135 Å². The number of benzene rings is 5. The van der Waals surface area contributed by atoms with E-state index in [2.05, 4.69) is 99.3 Å². The van der Waals surface area contributed by atoms with Crippen molar-refractivity contribution < 1.29 is 4.42 Å². The Kier molecular flexibility index (Phi) is 4.71. The Morgan fingerprint density at radius 3 is 2.05 bits per heavy atom. The number of aryl methyl sites for hydroxylation is 1. The van der Waals surface area contributed by atoms with E-state index in [1.165, 1.54) is 39.3 Å². The Bertz CT molecular complexity index is 2150. The lowest BCUT2D eigenvalue weighted by Gasteiger charge is -2.49. The Hall–Kier alpha value is -4.63. The van der Waals surface area contributed by atoms with E-state index >= 15 is 0 Å². The average Bonchev–Trinajstić information content (AvgIpc) is 2.96. The molecule has 1 aromatic heterocycles. The minimum absolute atomic E-state index is 0.00962. The highest BCUT2D eigenvalue weighted by atomic mass is 16.3. The van der Waals surface area contributed by atoms with E-state index in [0.29, 0.717) is 21.9 Å². The third-order valence-corrected chi connectivity index (χ3v) is 9.49. The van der Waals surface area contributed by atoms with Crippen LogP contribution in [0.1, 0.15) is 55.5 Å². The zero-order valence-electron chi connectivity index (χ0n) is 24.0. The molecule has 0 radical (unpaired) electrons. The fourth-order valence-electron chi connectivity index (χ4n) is 7.20. The van der Waals surface area contributed by atoms with Crippen molar-refractivity contribution in [2.75, 3.05) is 4.90 Å². The normalized spacial score (nSPS) is 15.9. The summed E-state index contributed by atoms with van der Waals surface area (Å²) in [7, 11) is 0. The van der Waals surface area contributed by atoms with Crippen molar-refractivity contribution in [2.45, 2.75) is 45.4 Å². The minimum Gasteiger partial charge on any atom is -0.456 e. The molecule has 6 aromatic rings. The summed E-state index contributed by atoms with van der Waals surface area (Å²) < 4.78 is 6.15. The van der Waals surface area contributed by atoms with E-state index in [9.17, 15) is 4.79 Å². The average molecular weight is 534 g/mol. The molecule has 5 aromatic carbocycles. The van der Waals surface area contributed by atoms with Gasteiger partial charge in [0.25, 0.3) is 0 Å². The number of hydrogen-bond donors (Lipinski definition) is 0. The Balaban J connectivity index is 1.35. The highest BCUT2D eigenvalue weighted by molar-refractivity contribution is 5.95. The molecular weight excluding hydrogens is 502 g/mol. The monoisotopic (exact) mass is 533 g/mol. The minimum atomic E-state index is -0.209. The zero-order valence-corrected chi connectivity index (χ0v) is 24.0. The van der Waals surface area contributed by atoms with Gasteiger partial charge in [-0.05, 0) is 88.3 Å². The van der Waals surface area contributed by atoms with Gasteiger partial charge in [-0.25, -0.2) is 0 Å². The van der Waals surface area contributed by atoms with Gasteiger partial charge in [-0.1, -0.05) is 82.3 Å². The molecule has 3 heteroatoms. The van der Waals surface area contributed by atoms with Gasteiger partial charge in [0.05, 0.1) is 27.8 Å². The summed E-state index contributed by atoms with van der Waals surface area (Å²) in [4.78, 5) is 15.9. The number of hydrogen-bond acceptors (Lipinski definition) is 3. The highest BCUT2D eigenvalue weighted by Gasteiger charge is 2.45. The van der Waals surface area contributed by atoms with Gasteiger partial charge in [0.2, 0.25) is 5.43 Å². The van der Waals surface area contributed by atoms with Crippen LogP contribution in [0.25, 0.3) is 33.1 Å². The Morgan fingerprint density at radius 2 is 1.24 bits per heavy atom. The van der Waals surface area contributed by atoms with Crippen LogP contribution in [0, 0.1) is 6.92 Å². The van der Waals surface area contributed by atoms with Crippen LogP contribution in [-0.4, -0.2) is 0 Å². The maximum atomic E-state index is 13.5. The Morgan fingerprint density at radius 1 is 0.585 bits per heavy atom. The number of rotatable bonds is 1. The molecule has 3 heterocycles. The van der Waals surface area contributed by atoms with E-state index < -0.39 is 0 Å². The van der Waals surface area contributed by atoms with Crippen molar-refractivity contribution in [1.82, 2.24) is 0 Å². The molecule has 0 saturated carbocycles. The van der Waals surface area contributed by atoms with Crippen LogP contribution < -0.4 is 10.3 Å². The molecule has 0 fully saturated rings. The number of nitrogens with zero attached hydrogens (tertiary/aromatic N) is 1. The van der Waals surface area contributed by atoms with Crippen LogP contribution >= 0.6 is 0 Å². The van der Waals surface area contributed by atoms with Gasteiger partial charge >= 0.3 is 0 Å². The van der Waals surface area contributed by atoms with Crippen LogP contribution in [0.4, 0.5) is 17.1 Å². The second-order valence-electron chi connectivity index (χ2n) is 12.7. The summed E-state index contributed by atoms with van der Waals surface area (Å²) in [5.41, 5.74) is 13.2. The molecular formula is C38H31NO2. The molecule has 0 N–H and O–H groups in total. The lowest BCUT2D eigenvalue weighted by atomic mass is 9.66. The van der Waals surface area contributed by atoms with Gasteiger partial charge in [0.15, 0.2) is 0 Å². The quantitative estimate of drug-likeness (QED) is 0.197. The molecule has 41 heavy (non-hydrogen) atoms. The van der Waals surface area contributed by atoms with E-state index in [0.717, 1.165) is 16.7 Å². The maximum Gasteiger partial charge on any atom is 0.200 e. The maximum absolute atomic E-state index is 13.5. The number of anilines is 3. The zero-order chi connectivity index (χ0) is 28.3. The second kappa shape index (κ2) is 7.98. The van der Waals surface area contributed by atoms with Gasteiger partial charge in [-0.15, -0.1) is 0 Å². The molecule has 0 saturated heterocycles. The first-order valence-electron chi connectivity index (χ1n) is 14.3. The smallest absolute Gasteiger partial charge is 0.200 e. The molecule has 0 spiro atoms. The summed E-state index contributed by atoms with van der Waals surface area (Å²) in [6.07, 6.45) is 0. The predicted octanol–water partition coefficient (Wildman–Crippen LogP) is 9.67. The fraction of sp³-hybridized carbons (Fsp3) is 0.184. The first-order valence-corrected chi connectivity index (χ1v) is 14.3. The van der Waals surface area contributed by atoms with Crippen molar-refractivity contribution in [3.8, 4) is 11.1 Å².